The molecule has 6 nitrogen and oxygen atoms in total. The first-order valence-electron chi connectivity index (χ1n) is 9.02. The standard InChI is InChI=1S/C21H23N3O3S/c1-4-24-20(13-27-18-11-9-17(26-3)10-12-18)22-23-21(24)28-14-19(25)16-7-5-15(2)6-8-16/h5-12H,4,13-14H2,1-3H3. The first-order chi connectivity index (χ1) is 13.6. The van der Waals surface area contributed by atoms with Crippen molar-refractivity contribution in [1.82, 2.24) is 14.8 Å². The molecule has 1 aromatic heterocycles. The average molecular weight is 398 g/mol. The van der Waals surface area contributed by atoms with Gasteiger partial charge in [0.2, 0.25) is 0 Å². The van der Waals surface area contributed by atoms with E-state index >= 15 is 0 Å². The van der Waals surface area contributed by atoms with Gasteiger partial charge in [-0.1, -0.05) is 41.6 Å². The van der Waals surface area contributed by atoms with Crippen LogP contribution in [0.5, 0.6) is 11.5 Å². The fraction of sp³-hybridized carbons (Fsp3) is 0.286. The van der Waals surface area contributed by atoms with Crippen molar-refractivity contribution in [3.05, 3.63) is 65.5 Å². The van der Waals surface area contributed by atoms with Crippen LogP contribution in [0.25, 0.3) is 0 Å². The number of ether oxygens (including phenoxy) is 2. The maximum Gasteiger partial charge on any atom is 0.191 e. The zero-order valence-corrected chi connectivity index (χ0v) is 17.0. The summed E-state index contributed by atoms with van der Waals surface area (Å²) in [5.74, 6) is 2.63. The molecule has 7 heteroatoms. The minimum Gasteiger partial charge on any atom is -0.497 e. The molecule has 0 bridgehead atoms. The van der Waals surface area contributed by atoms with Gasteiger partial charge >= 0.3 is 0 Å². The van der Waals surface area contributed by atoms with Crippen molar-refractivity contribution in [2.45, 2.75) is 32.2 Å². The maximum atomic E-state index is 12.4. The molecule has 2 aromatic carbocycles. The Bertz CT molecular complexity index is 921. The molecule has 0 unspecified atom stereocenters. The molecule has 0 saturated heterocycles. The van der Waals surface area contributed by atoms with Crippen molar-refractivity contribution in [3.8, 4) is 11.5 Å². The van der Waals surface area contributed by atoms with Crippen molar-refractivity contribution in [2.24, 2.45) is 0 Å². The number of benzene rings is 2. The molecule has 146 valence electrons. The van der Waals surface area contributed by atoms with Crippen LogP contribution in [0.2, 0.25) is 0 Å². The topological polar surface area (TPSA) is 66.2 Å². The number of Topliss-reactive ketones (excluding diaryl/α,β-unsaturated/α-hetero) is 1. The number of rotatable bonds is 9. The van der Waals surface area contributed by atoms with Gasteiger partial charge in [0.15, 0.2) is 16.8 Å². The summed E-state index contributed by atoms with van der Waals surface area (Å²) in [5, 5.41) is 9.18. The lowest BCUT2D eigenvalue weighted by Gasteiger charge is -2.09. The molecular weight excluding hydrogens is 374 g/mol. The SMILES string of the molecule is CCn1c(COc2ccc(OC)cc2)nnc1SCC(=O)c1ccc(C)cc1. The van der Waals surface area contributed by atoms with Crippen LogP contribution >= 0.6 is 11.8 Å². The molecule has 0 aliphatic heterocycles. The average Bonchev–Trinajstić information content (AvgIpc) is 3.13. The van der Waals surface area contributed by atoms with E-state index < -0.39 is 0 Å². The number of ketones is 1. The van der Waals surface area contributed by atoms with E-state index in [9.17, 15) is 4.79 Å². The van der Waals surface area contributed by atoms with Crippen LogP contribution in [0, 0.1) is 6.92 Å². The van der Waals surface area contributed by atoms with E-state index in [1.54, 1.807) is 7.11 Å². The number of thioether (sulfide) groups is 1. The fourth-order valence-electron chi connectivity index (χ4n) is 2.62. The highest BCUT2D eigenvalue weighted by Crippen LogP contribution is 2.21. The largest absolute Gasteiger partial charge is 0.497 e. The lowest BCUT2D eigenvalue weighted by Crippen LogP contribution is -2.08. The van der Waals surface area contributed by atoms with E-state index in [0.717, 1.165) is 28.0 Å². The second kappa shape index (κ2) is 9.41. The molecule has 3 rings (SSSR count). The quantitative estimate of drug-likeness (QED) is 0.399. The zero-order chi connectivity index (χ0) is 19.9. The van der Waals surface area contributed by atoms with Gasteiger partial charge in [0, 0.05) is 12.1 Å². The van der Waals surface area contributed by atoms with Gasteiger partial charge in [0.1, 0.15) is 18.1 Å². The summed E-state index contributed by atoms with van der Waals surface area (Å²) in [4.78, 5) is 12.4. The number of carbonyl (C=O) groups is 1. The highest BCUT2D eigenvalue weighted by atomic mass is 32.2. The Labute approximate surface area is 168 Å². The summed E-state index contributed by atoms with van der Waals surface area (Å²) >= 11 is 1.39. The summed E-state index contributed by atoms with van der Waals surface area (Å²) in [7, 11) is 1.63. The molecule has 0 spiro atoms. The molecule has 0 amide bonds. The third-order valence-corrected chi connectivity index (χ3v) is 5.21. The predicted octanol–water partition coefficient (Wildman–Crippen LogP) is 4.17. The molecule has 28 heavy (non-hydrogen) atoms. The Balaban J connectivity index is 1.60. The monoisotopic (exact) mass is 397 g/mol. The van der Waals surface area contributed by atoms with Gasteiger partial charge in [0.25, 0.3) is 0 Å². The number of carbonyl (C=O) groups excluding carboxylic acids is 1. The summed E-state index contributed by atoms with van der Waals surface area (Å²) < 4.78 is 12.9. The molecule has 0 radical (unpaired) electrons. The van der Waals surface area contributed by atoms with Crippen LogP contribution in [-0.4, -0.2) is 33.4 Å². The Morgan fingerprint density at radius 1 is 1.04 bits per heavy atom. The molecule has 0 saturated carbocycles. The number of nitrogens with zero attached hydrogens (tertiary/aromatic N) is 3. The number of hydrogen-bond donors (Lipinski definition) is 0. The lowest BCUT2D eigenvalue weighted by atomic mass is 10.1. The zero-order valence-electron chi connectivity index (χ0n) is 16.2. The van der Waals surface area contributed by atoms with Gasteiger partial charge in [-0.25, -0.2) is 0 Å². The van der Waals surface area contributed by atoms with Gasteiger partial charge in [0.05, 0.1) is 12.9 Å². The smallest absolute Gasteiger partial charge is 0.191 e. The van der Waals surface area contributed by atoms with Crippen molar-refractivity contribution in [1.29, 1.82) is 0 Å². The van der Waals surface area contributed by atoms with E-state index in [2.05, 4.69) is 10.2 Å². The summed E-state index contributed by atoms with van der Waals surface area (Å²) in [5.41, 5.74) is 1.85. The Morgan fingerprint density at radius 3 is 2.36 bits per heavy atom. The maximum absolute atomic E-state index is 12.4. The molecule has 3 aromatic rings. The van der Waals surface area contributed by atoms with Crippen LogP contribution < -0.4 is 9.47 Å². The first kappa shape index (κ1) is 19.9. The number of methoxy groups -OCH3 is 1. The normalized spacial score (nSPS) is 10.7. The molecular formula is C21H23N3O3S. The fourth-order valence-corrected chi connectivity index (χ4v) is 3.54. The third-order valence-electron chi connectivity index (χ3n) is 4.24. The minimum atomic E-state index is 0.0756. The minimum absolute atomic E-state index is 0.0756. The summed E-state index contributed by atoms with van der Waals surface area (Å²) in [6, 6.07) is 15.0. The van der Waals surface area contributed by atoms with Crippen LogP contribution in [0.4, 0.5) is 0 Å². The lowest BCUT2D eigenvalue weighted by molar-refractivity contribution is 0.102. The first-order valence-corrected chi connectivity index (χ1v) is 10.0. The van der Waals surface area contributed by atoms with Crippen LogP contribution in [0.1, 0.15) is 28.7 Å². The second-order valence-corrected chi connectivity index (χ2v) is 7.13. The summed E-state index contributed by atoms with van der Waals surface area (Å²) in [6.07, 6.45) is 0. The highest BCUT2D eigenvalue weighted by Gasteiger charge is 2.14. The van der Waals surface area contributed by atoms with Crippen molar-refractivity contribution in [3.63, 3.8) is 0 Å². The van der Waals surface area contributed by atoms with Gasteiger partial charge in [-0.2, -0.15) is 0 Å². The number of aromatic nitrogens is 3. The Morgan fingerprint density at radius 2 is 1.71 bits per heavy atom. The molecule has 0 aliphatic carbocycles. The van der Waals surface area contributed by atoms with Crippen LogP contribution in [0.15, 0.2) is 53.7 Å². The Hall–Kier alpha value is -2.80. The number of aryl methyl sites for hydroxylation is 1. The molecule has 0 fully saturated rings. The molecule has 0 atom stereocenters. The van der Waals surface area contributed by atoms with Gasteiger partial charge in [-0.3, -0.25) is 4.79 Å². The van der Waals surface area contributed by atoms with Crippen molar-refractivity contribution in [2.75, 3.05) is 12.9 Å². The molecule has 0 N–H and O–H groups in total. The van der Waals surface area contributed by atoms with E-state index in [-0.39, 0.29) is 5.78 Å². The van der Waals surface area contributed by atoms with E-state index in [0.29, 0.717) is 24.5 Å². The van der Waals surface area contributed by atoms with Gasteiger partial charge < -0.3 is 14.0 Å². The van der Waals surface area contributed by atoms with E-state index in [1.807, 2.05) is 66.9 Å². The molecule has 1 heterocycles. The van der Waals surface area contributed by atoms with Crippen LogP contribution in [0.3, 0.4) is 0 Å². The van der Waals surface area contributed by atoms with Gasteiger partial charge in [-0.05, 0) is 38.1 Å². The number of hydrogen-bond acceptors (Lipinski definition) is 6. The summed E-state index contributed by atoms with van der Waals surface area (Å²) in [6.45, 7) is 5.03. The van der Waals surface area contributed by atoms with Gasteiger partial charge in [-0.15, -0.1) is 10.2 Å². The second-order valence-electron chi connectivity index (χ2n) is 6.19. The van der Waals surface area contributed by atoms with E-state index in [1.165, 1.54) is 11.8 Å². The third kappa shape index (κ3) is 4.92. The van der Waals surface area contributed by atoms with Crippen LogP contribution in [-0.2, 0) is 13.2 Å². The predicted molar refractivity (Wildman–Crippen MR) is 109 cm³/mol. The van der Waals surface area contributed by atoms with Crippen molar-refractivity contribution >= 4 is 17.5 Å². The highest BCUT2D eigenvalue weighted by molar-refractivity contribution is 7.99. The van der Waals surface area contributed by atoms with Crippen molar-refractivity contribution < 1.29 is 14.3 Å². The Kier molecular flexibility index (Phi) is 6.71. The van der Waals surface area contributed by atoms with E-state index in [4.69, 9.17) is 9.47 Å². The molecule has 0 aliphatic rings.